The first-order valence-corrected chi connectivity index (χ1v) is 11.0. The maximum atomic E-state index is 13.0. The van der Waals surface area contributed by atoms with E-state index in [1.807, 2.05) is 41.5 Å². The third-order valence-electron chi connectivity index (χ3n) is 5.27. The van der Waals surface area contributed by atoms with Crippen molar-refractivity contribution in [2.24, 2.45) is 11.1 Å². The smallest absolute Gasteiger partial charge is 0.255 e. The third-order valence-corrected chi connectivity index (χ3v) is 5.27. The van der Waals surface area contributed by atoms with Crippen LogP contribution in [0.4, 0.5) is 5.69 Å². The second kappa shape index (κ2) is 9.83. The van der Waals surface area contributed by atoms with Gasteiger partial charge >= 0.3 is 0 Å². The quantitative estimate of drug-likeness (QED) is 0.314. The lowest BCUT2D eigenvalue weighted by molar-refractivity contribution is 0.102. The molecule has 0 saturated heterocycles. The number of nitrogens with zero attached hydrogens (tertiary/aromatic N) is 6. The number of rotatable bonds is 6. The lowest BCUT2D eigenvalue weighted by atomic mass is 9.85. The number of oxime groups is 1. The number of pyridine rings is 1. The molecule has 176 valence electrons. The molecule has 0 unspecified atom stereocenters. The zero-order valence-corrected chi connectivity index (χ0v) is 20.3. The van der Waals surface area contributed by atoms with Crippen LogP contribution in [-0.2, 0) is 5.41 Å². The second-order valence-electron chi connectivity index (χ2n) is 9.64. The molecule has 2 N–H and O–H groups in total. The Balaban J connectivity index is 1.90. The summed E-state index contributed by atoms with van der Waals surface area (Å²) in [7, 11) is 0. The van der Waals surface area contributed by atoms with E-state index in [4.69, 9.17) is 0 Å². The molecule has 0 fully saturated rings. The second-order valence-corrected chi connectivity index (χ2v) is 9.64. The largest absolute Gasteiger partial charge is 0.411 e. The van der Waals surface area contributed by atoms with E-state index in [0.29, 0.717) is 46.0 Å². The Hall–Kier alpha value is -4.06. The first kappa shape index (κ1) is 24.6. The standard InChI is InChI=1S/C25H29N7O2/c1-15(2)7-21(30-34)22-14-32(31-29-22)23-11-20(13-27-16(23)3)28-24(33)18-8-17(12-26)9-19(10-18)25(4,5)6/h8-11,13-15,34H,7H2,1-6H3,(H,28,33). The molecule has 3 aromatic rings. The van der Waals surface area contributed by atoms with Crippen LogP contribution in [0.3, 0.4) is 0 Å². The van der Waals surface area contributed by atoms with Gasteiger partial charge in [-0.2, -0.15) is 5.26 Å². The molecule has 1 aromatic carbocycles. The van der Waals surface area contributed by atoms with Gasteiger partial charge in [0.2, 0.25) is 0 Å². The minimum Gasteiger partial charge on any atom is -0.411 e. The fourth-order valence-electron chi connectivity index (χ4n) is 3.38. The summed E-state index contributed by atoms with van der Waals surface area (Å²) in [5.74, 6) is -0.0542. The van der Waals surface area contributed by atoms with Gasteiger partial charge in [0.05, 0.1) is 41.1 Å². The van der Waals surface area contributed by atoms with Crippen molar-refractivity contribution in [3.05, 3.63) is 64.7 Å². The molecule has 0 aliphatic carbocycles. The van der Waals surface area contributed by atoms with E-state index >= 15 is 0 Å². The highest BCUT2D eigenvalue weighted by atomic mass is 16.4. The van der Waals surface area contributed by atoms with Gasteiger partial charge in [0.25, 0.3) is 5.91 Å². The van der Waals surface area contributed by atoms with Crippen LogP contribution in [0, 0.1) is 24.2 Å². The van der Waals surface area contributed by atoms with E-state index in [1.165, 1.54) is 4.68 Å². The van der Waals surface area contributed by atoms with E-state index < -0.39 is 0 Å². The number of benzene rings is 1. The summed E-state index contributed by atoms with van der Waals surface area (Å²) in [4.78, 5) is 17.4. The Morgan fingerprint density at radius 1 is 1.26 bits per heavy atom. The summed E-state index contributed by atoms with van der Waals surface area (Å²) >= 11 is 0. The fraction of sp³-hybridized carbons (Fsp3) is 0.360. The SMILES string of the molecule is Cc1ncc(NC(=O)c2cc(C#N)cc(C(C)(C)C)c2)cc1-n1cc(C(CC(C)C)=NO)nn1. The number of anilines is 1. The Kier molecular flexibility index (Phi) is 7.11. The molecule has 0 aliphatic heterocycles. The van der Waals surface area contributed by atoms with E-state index in [0.717, 1.165) is 5.56 Å². The van der Waals surface area contributed by atoms with Gasteiger partial charge in [0, 0.05) is 5.56 Å². The normalized spacial score (nSPS) is 12.0. The molecule has 9 heteroatoms. The van der Waals surface area contributed by atoms with Crippen LogP contribution >= 0.6 is 0 Å². The number of carbonyl (C=O) groups excluding carboxylic acids is 1. The highest BCUT2D eigenvalue weighted by molar-refractivity contribution is 6.04. The Labute approximate surface area is 199 Å². The predicted octanol–water partition coefficient (Wildman–Crippen LogP) is 4.62. The monoisotopic (exact) mass is 459 g/mol. The lowest BCUT2D eigenvalue weighted by Crippen LogP contribution is -2.17. The molecular weight excluding hydrogens is 430 g/mol. The van der Waals surface area contributed by atoms with Gasteiger partial charge < -0.3 is 10.5 Å². The van der Waals surface area contributed by atoms with Gasteiger partial charge in [-0.3, -0.25) is 9.78 Å². The topological polar surface area (TPSA) is 129 Å². The molecule has 34 heavy (non-hydrogen) atoms. The van der Waals surface area contributed by atoms with Gasteiger partial charge in [-0.05, 0) is 54.5 Å². The molecule has 9 nitrogen and oxygen atoms in total. The van der Waals surface area contributed by atoms with E-state index in [2.05, 4.69) is 31.8 Å². The molecule has 0 saturated carbocycles. The molecule has 2 aromatic heterocycles. The first-order chi connectivity index (χ1) is 16.0. The number of aromatic nitrogens is 4. The van der Waals surface area contributed by atoms with Crippen molar-refractivity contribution in [3.63, 3.8) is 0 Å². The number of carbonyl (C=O) groups is 1. The number of nitriles is 1. The van der Waals surface area contributed by atoms with Crippen molar-refractivity contribution in [1.29, 1.82) is 5.26 Å². The summed E-state index contributed by atoms with van der Waals surface area (Å²) in [5.41, 5.74) is 4.21. The van der Waals surface area contributed by atoms with Crippen LogP contribution in [0.15, 0.2) is 41.8 Å². The van der Waals surface area contributed by atoms with Gasteiger partial charge in [-0.15, -0.1) is 5.10 Å². The van der Waals surface area contributed by atoms with Crippen LogP contribution in [0.1, 0.15) is 73.9 Å². The van der Waals surface area contributed by atoms with Crippen molar-refractivity contribution in [2.75, 3.05) is 5.32 Å². The van der Waals surface area contributed by atoms with E-state index in [9.17, 15) is 15.3 Å². The van der Waals surface area contributed by atoms with Crippen LogP contribution in [0.5, 0.6) is 0 Å². The molecular formula is C25H29N7O2. The van der Waals surface area contributed by atoms with Gasteiger partial charge in [0.1, 0.15) is 11.4 Å². The maximum absolute atomic E-state index is 13.0. The number of aryl methyl sites for hydroxylation is 1. The lowest BCUT2D eigenvalue weighted by Gasteiger charge is -2.20. The van der Waals surface area contributed by atoms with Crippen molar-refractivity contribution in [3.8, 4) is 11.8 Å². The van der Waals surface area contributed by atoms with E-state index in [1.54, 1.807) is 36.7 Å². The summed E-state index contributed by atoms with van der Waals surface area (Å²) in [5, 5.41) is 33.2. The number of nitrogens with one attached hydrogen (secondary N) is 1. The fourth-order valence-corrected chi connectivity index (χ4v) is 3.38. The molecule has 3 rings (SSSR count). The summed E-state index contributed by atoms with van der Waals surface area (Å²) in [6.07, 6.45) is 3.78. The van der Waals surface area contributed by atoms with Crippen molar-refractivity contribution in [2.45, 2.75) is 53.4 Å². The van der Waals surface area contributed by atoms with Crippen LogP contribution < -0.4 is 5.32 Å². The average molecular weight is 460 g/mol. The number of hydrogen-bond acceptors (Lipinski definition) is 7. The molecule has 1 amide bonds. The number of amides is 1. The Morgan fingerprint density at radius 2 is 2.00 bits per heavy atom. The predicted molar refractivity (Wildman–Crippen MR) is 129 cm³/mol. The van der Waals surface area contributed by atoms with Crippen LogP contribution in [0.2, 0.25) is 0 Å². The Morgan fingerprint density at radius 3 is 2.62 bits per heavy atom. The van der Waals surface area contributed by atoms with Crippen molar-refractivity contribution in [1.82, 2.24) is 20.0 Å². The molecule has 0 aliphatic rings. The van der Waals surface area contributed by atoms with E-state index in [-0.39, 0.29) is 17.2 Å². The molecule has 0 atom stereocenters. The zero-order chi connectivity index (χ0) is 25.0. The highest BCUT2D eigenvalue weighted by Crippen LogP contribution is 2.25. The summed E-state index contributed by atoms with van der Waals surface area (Å²) in [6, 6.07) is 9.04. The van der Waals surface area contributed by atoms with Crippen LogP contribution in [-0.4, -0.2) is 36.8 Å². The van der Waals surface area contributed by atoms with Gasteiger partial charge in [-0.25, -0.2) is 4.68 Å². The van der Waals surface area contributed by atoms with Crippen molar-refractivity contribution < 1.29 is 10.0 Å². The third kappa shape index (κ3) is 5.64. The van der Waals surface area contributed by atoms with Crippen LogP contribution in [0.25, 0.3) is 5.69 Å². The van der Waals surface area contributed by atoms with Crippen molar-refractivity contribution >= 4 is 17.3 Å². The molecule has 0 spiro atoms. The summed E-state index contributed by atoms with van der Waals surface area (Å²) < 4.78 is 1.53. The molecule has 0 radical (unpaired) electrons. The molecule has 2 heterocycles. The first-order valence-electron chi connectivity index (χ1n) is 11.0. The van der Waals surface area contributed by atoms with Gasteiger partial charge in [-0.1, -0.05) is 45.0 Å². The minimum atomic E-state index is -0.342. The molecule has 0 bridgehead atoms. The minimum absolute atomic E-state index is 0.211. The summed E-state index contributed by atoms with van der Waals surface area (Å²) in [6.45, 7) is 12.0. The Bertz CT molecular complexity index is 1280. The van der Waals surface area contributed by atoms with Gasteiger partial charge in [0.15, 0.2) is 0 Å². The maximum Gasteiger partial charge on any atom is 0.255 e. The zero-order valence-electron chi connectivity index (χ0n) is 20.3. The number of hydrogen-bond donors (Lipinski definition) is 2. The highest BCUT2D eigenvalue weighted by Gasteiger charge is 2.19. The average Bonchev–Trinajstić information content (AvgIpc) is 3.27.